The summed E-state index contributed by atoms with van der Waals surface area (Å²) in [4.78, 5) is 0.464. The van der Waals surface area contributed by atoms with Crippen molar-refractivity contribution < 1.29 is 0 Å². The van der Waals surface area contributed by atoms with Crippen LogP contribution in [-0.2, 0) is 0 Å². The number of anilines is 1. The number of nitrogens with two attached hydrogens (primary N) is 1. The van der Waals surface area contributed by atoms with E-state index in [9.17, 15) is 0 Å². The molecule has 1 atom stereocenters. The van der Waals surface area contributed by atoms with Crippen LogP contribution in [0, 0.1) is 12.8 Å². The second-order valence-corrected chi connectivity index (χ2v) is 5.58. The molecule has 92 valence electrons. The Morgan fingerprint density at radius 3 is 2.82 bits per heavy atom. The van der Waals surface area contributed by atoms with Gasteiger partial charge in [-0.15, -0.1) is 0 Å². The van der Waals surface area contributed by atoms with Crippen LogP contribution in [0.2, 0.25) is 0 Å². The molecule has 1 aliphatic carbocycles. The molecule has 0 spiro atoms. The fourth-order valence-electron chi connectivity index (χ4n) is 2.17. The molecular formula is C14H20N2S. The van der Waals surface area contributed by atoms with E-state index in [2.05, 4.69) is 25.2 Å². The van der Waals surface area contributed by atoms with Gasteiger partial charge in [0, 0.05) is 17.3 Å². The van der Waals surface area contributed by atoms with Gasteiger partial charge in [0.05, 0.1) is 0 Å². The molecule has 1 aliphatic rings. The van der Waals surface area contributed by atoms with Crippen molar-refractivity contribution in [3.8, 4) is 0 Å². The standard InChI is InChI=1S/C14H20N2S/c1-9-3-6-12(14(15)17)13(7-9)16-10(2)8-11-4-5-11/h3,6-7,10-11,16H,4-5,8H2,1-2H3,(H2,15,17). The first-order chi connectivity index (χ1) is 8.06. The first-order valence-electron chi connectivity index (χ1n) is 6.23. The fraction of sp³-hybridized carbons (Fsp3) is 0.500. The van der Waals surface area contributed by atoms with Crippen LogP contribution in [0.3, 0.4) is 0 Å². The molecule has 0 amide bonds. The molecule has 17 heavy (non-hydrogen) atoms. The predicted molar refractivity (Wildman–Crippen MR) is 77.5 cm³/mol. The lowest BCUT2D eigenvalue weighted by Crippen LogP contribution is -2.20. The Labute approximate surface area is 109 Å². The molecule has 2 rings (SSSR count). The van der Waals surface area contributed by atoms with Crippen LogP contribution in [-0.4, -0.2) is 11.0 Å². The van der Waals surface area contributed by atoms with Crippen LogP contribution in [0.25, 0.3) is 0 Å². The summed E-state index contributed by atoms with van der Waals surface area (Å²) < 4.78 is 0. The maximum atomic E-state index is 5.75. The minimum absolute atomic E-state index is 0.464. The lowest BCUT2D eigenvalue weighted by Gasteiger charge is -2.18. The van der Waals surface area contributed by atoms with Gasteiger partial charge in [-0.3, -0.25) is 0 Å². The summed E-state index contributed by atoms with van der Waals surface area (Å²) in [5.41, 5.74) is 9.00. The number of hydrogen-bond donors (Lipinski definition) is 2. The second-order valence-electron chi connectivity index (χ2n) is 5.14. The summed E-state index contributed by atoms with van der Waals surface area (Å²) in [7, 11) is 0. The Kier molecular flexibility index (Phi) is 3.67. The van der Waals surface area contributed by atoms with Crippen molar-refractivity contribution in [2.24, 2.45) is 11.7 Å². The Morgan fingerprint density at radius 2 is 2.24 bits per heavy atom. The van der Waals surface area contributed by atoms with Gasteiger partial charge in [0.25, 0.3) is 0 Å². The summed E-state index contributed by atoms with van der Waals surface area (Å²) in [5, 5.41) is 3.54. The van der Waals surface area contributed by atoms with E-state index in [4.69, 9.17) is 18.0 Å². The van der Waals surface area contributed by atoms with Crippen LogP contribution in [0.4, 0.5) is 5.69 Å². The molecule has 3 N–H and O–H groups in total. The number of nitrogens with one attached hydrogen (secondary N) is 1. The Morgan fingerprint density at radius 1 is 1.53 bits per heavy atom. The van der Waals surface area contributed by atoms with Crippen molar-refractivity contribution in [1.82, 2.24) is 0 Å². The number of rotatable bonds is 5. The summed E-state index contributed by atoms with van der Waals surface area (Å²) in [6, 6.07) is 6.66. The lowest BCUT2D eigenvalue weighted by molar-refractivity contribution is 0.642. The largest absolute Gasteiger partial charge is 0.389 e. The third-order valence-corrected chi connectivity index (χ3v) is 3.45. The van der Waals surface area contributed by atoms with Gasteiger partial charge in [0.2, 0.25) is 0 Å². The summed E-state index contributed by atoms with van der Waals surface area (Å²) >= 11 is 5.08. The minimum Gasteiger partial charge on any atom is -0.389 e. The molecule has 1 fully saturated rings. The molecular weight excluding hydrogens is 228 g/mol. The quantitative estimate of drug-likeness (QED) is 0.786. The molecule has 3 heteroatoms. The van der Waals surface area contributed by atoms with E-state index in [0.29, 0.717) is 11.0 Å². The summed E-state index contributed by atoms with van der Waals surface area (Å²) in [5.74, 6) is 0.926. The minimum atomic E-state index is 0.464. The van der Waals surface area contributed by atoms with Crippen LogP contribution >= 0.6 is 12.2 Å². The number of hydrogen-bond acceptors (Lipinski definition) is 2. The van der Waals surface area contributed by atoms with Crippen LogP contribution < -0.4 is 11.1 Å². The molecule has 0 aliphatic heterocycles. The third kappa shape index (κ3) is 3.43. The SMILES string of the molecule is Cc1ccc(C(N)=S)c(NC(C)CC2CC2)c1. The van der Waals surface area contributed by atoms with Gasteiger partial charge < -0.3 is 11.1 Å². The molecule has 0 saturated heterocycles. The van der Waals surface area contributed by atoms with Gasteiger partial charge in [-0.1, -0.05) is 31.1 Å². The highest BCUT2D eigenvalue weighted by Crippen LogP contribution is 2.34. The normalized spacial score (nSPS) is 16.6. The van der Waals surface area contributed by atoms with Crippen molar-refractivity contribution in [2.45, 2.75) is 39.2 Å². The summed E-state index contributed by atoms with van der Waals surface area (Å²) in [6.07, 6.45) is 4.02. The van der Waals surface area contributed by atoms with E-state index in [0.717, 1.165) is 17.2 Å². The predicted octanol–water partition coefficient (Wildman–Crippen LogP) is 3.23. The zero-order chi connectivity index (χ0) is 12.4. The molecule has 0 radical (unpaired) electrons. The van der Waals surface area contributed by atoms with Crippen molar-refractivity contribution in [3.63, 3.8) is 0 Å². The Balaban J connectivity index is 2.11. The highest BCUT2D eigenvalue weighted by atomic mass is 32.1. The summed E-state index contributed by atoms with van der Waals surface area (Å²) in [6.45, 7) is 4.31. The van der Waals surface area contributed by atoms with Crippen LogP contribution in [0.15, 0.2) is 18.2 Å². The lowest BCUT2D eigenvalue weighted by atomic mass is 10.1. The van der Waals surface area contributed by atoms with Crippen molar-refractivity contribution in [2.75, 3.05) is 5.32 Å². The highest BCUT2D eigenvalue weighted by molar-refractivity contribution is 7.80. The number of benzene rings is 1. The Bertz CT molecular complexity index is 424. The van der Waals surface area contributed by atoms with Crippen LogP contribution in [0.1, 0.15) is 37.3 Å². The zero-order valence-corrected chi connectivity index (χ0v) is 11.3. The number of thiocarbonyl (C=S) groups is 1. The molecule has 0 aromatic heterocycles. The van der Waals surface area contributed by atoms with Crippen molar-refractivity contribution >= 4 is 22.9 Å². The van der Waals surface area contributed by atoms with E-state index < -0.39 is 0 Å². The average molecular weight is 248 g/mol. The maximum absolute atomic E-state index is 5.75. The highest BCUT2D eigenvalue weighted by Gasteiger charge is 2.23. The van der Waals surface area contributed by atoms with Crippen molar-refractivity contribution in [3.05, 3.63) is 29.3 Å². The molecule has 1 saturated carbocycles. The zero-order valence-electron chi connectivity index (χ0n) is 10.5. The molecule has 1 unspecified atom stereocenters. The van der Waals surface area contributed by atoms with Gasteiger partial charge in [-0.2, -0.15) is 0 Å². The smallest absolute Gasteiger partial charge is 0.106 e. The molecule has 2 nitrogen and oxygen atoms in total. The molecule has 0 heterocycles. The van der Waals surface area contributed by atoms with Gasteiger partial charge >= 0.3 is 0 Å². The van der Waals surface area contributed by atoms with Gasteiger partial charge in [0.1, 0.15) is 4.99 Å². The van der Waals surface area contributed by atoms with Crippen LogP contribution in [0.5, 0.6) is 0 Å². The topological polar surface area (TPSA) is 38.0 Å². The first-order valence-corrected chi connectivity index (χ1v) is 6.64. The van der Waals surface area contributed by atoms with E-state index in [1.807, 2.05) is 12.1 Å². The van der Waals surface area contributed by atoms with Gasteiger partial charge in [-0.25, -0.2) is 0 Å². The number of aryl methyl sites for hydroxylation is 1. The average Bonchev–Trinajstić information content (AvgIpc) is 3.00. The van der Waals surface area contributed by atoms with Gasteiger partial charge in [0.15, 0.2) is 0 Å². The fourth-order valence-corrected chi connectivity index (χ4v) is 2.35. The van der Waals surface area contributed by atoms with E-state index in [1.54, 1.807) is 0 Å². The van der Waals surface area contributed by atoms with E-state index >= 15 is 0 Å². The van der Waals surface area contributed by atoms with E-state index in [-0.39, 0.29) is 0 Å². The van der Waals surface area contributed by atoms with Gasteiger partial charge in [-0.05, 0) is 43.9 Å². The first kappa shape index (κ1) is 12.4. The van der Waals surface area contributed by atoms with Crippen molar-refractivity contribution in [1.29, 1.82) is 0 Å². The molecule has 1 aromatic rings. The second kappa shape index (κ2) is 5.05. The Hall–Kier alpha value is -1.09. The van der Waals surface area contributed by atoms with E-state index in [1.165, 1.54) is 24.8 Å². The third-order valence-electron chi connectivity index (χ3n) is 3.23. The molecule has 1 aromatic carbocycles. The molecule has 0 bridgehead atoms. The maximum Gasteiger partial charge on any atom is 0.106 e. The monoisotopic (exact) mass is 248 g/mol.